The number of nitrogens with zero attached hydrogens (tertiary/aromatic N) is 1. The first kappa shape index (κ1) is 12.6. The largest absolute Gasteiger partial charge is 0.479 e. The van der Waals surface area contributed by atoms with Gasteiger partial charge in [0.1, 0.15) is 0 Å². The molecule has 1 atom stereocenters. The molecule has 0 bridgehead atoms. The van der Waals surface area contributed by atoms with Gasteiger partial charge in [0.05, 0.1) is 18.0 Å². The monoisotopic (exact) mass is 281 g/mol. The first-order valence-corrected chi connectivity index (χ1v) is 7.22. The molecule has 5 nitrogen and oxygen atoms in total. The Bertz CT molecular complexity index is 503. The Balaban J connectivity index is 1.74. The second-order valence-electron chi connectivity index (χ2n) is 4.86. The Morgan fingerprint density at radius 1 is 1.42 bits per heavy atom. The molecule has 1 aliphatic carbocycles. The van der Waals surface area contributed by atoms with Crippen LogP contribution in [-0.2, 0) is 22.4 Å². The Kier molecular flexibility index (Phi) is 3.28. The quantitative estimate of drug-likeness (QED) is 0.883. The average molecular weight is 281 g/mol. The molecule has 0 spiro atoms. The predicted octanol–water partition coefficient (Wildman–Crippen LogP) is 1.16. The van der Waals surface area contributed by atoms with Crippen LogP contribution in [0.3, 0.4) is 0 Å². The summed E-state index contributed by atoms with van der Waals surface area (Å²) in [5.74, 6) is -1.07. The van der Waals surface area contributed by atoms with Crippen molar-refractivity contribution in [2.45, 2.75) is 25.4 Å². The van der Waals surface area contributed by atoms with Gasteiger partial charge in [-0.2, -0.15) is 0 Å². The molecule has 0 radical (unpaired) electrons. The van der Waals surface area contributed by atoms with Gasteiger partial charge >= 0.3 is 5.97 Å². The second-order valence-corrected chi connectivity index (χ2v) is 6.00. The van der Waals surface area contributed by atoms with Crippen molar-refractivity contribution >= 4 is 23.2 Å². The molecule has 1 saturated heterocycles. The fraction of sp³-hybridized carbons (Fsp3) is 0.538. The lowest BCUT2D eigenvalue weighted by molar-refractivity contribution is -0.154. The van der Waals surface area contributed by atoms with Gasteiger partial charge in [0.25, 0.3) is 5.91 Å². The van der Waals surface area contributed by atoms with E-state index in [2.05, 4.69) is 0 Å². The number of morpholine rings is 1. The van der Waals surface area contributed by atoms with Gasteiger partial charge in [-0.25, -0.2) is 4.79 Å². The van der Waals surface area contributed by atoms with Crippen molar-refractivity contribution in [2.24, 2.45) is 0 Å². The van der Waals surface area contributed by atoms with Gasteiger partial charge in [0.15, 0.2) is 6.10 Å². The van der Waals surface area contributed by atoms with Crippen molar-refractivity contribution in [3.8, 4) is 0 Å². The number of carbonyl (C=O) groups excluding carboxylic acids is 1. The fourth-order valence-electron chi connectivity index (χ4n) is 2.57. The summed E-state index contributed by atoms with van der Waals surface area (Å²) in [5, 5.41) is 8.94. The van der Waals surface area contributed by atoms with E-state index in [1.165, 1.54) is 16.9 Å². The number of carboxylic acid groups (broad SMARTS) is 1. The molecule has 0 aromatic carbocycles. The number of fused-ring (bicyclic) bond motifs is 1. The highest BCUT2D eigenvalue weighted by Crippen LogP contribution is 2.31. The zero-order valence-electron chi connectivity index (χ0n) is 10.4. The standard InChI is InChI=1S/C13H15NO4S/c15-12(11-6-8-2-1-3-10(8)19-11)14-4-5-18-9(7-14)13(16)17/h6,9H,1-5,7H2,(H,16,17). The Hall–Kier alpha value is -1.40. The third-order valence-electron chi connectivity index (χ3n) is 3.59. The highest BCUT2D eigenvalue weighted by molar-refractivity contribution is 7.14. The van der Waals surface area contributed by atoms with E-state index >= 15 is 0 Å². The van der Waals surface area contributed by atoms with E-state index in [1.807, 2.05) is 6.07 Å². The van der Waals surface area contributed by atoms with Gasteiger partial charge in [0, 0.05) is 11.4 Å². The summed E-state index contributed by atoms with van der Waals surface area (Å²) < 4.78 is 5.13. The number of hydrogen-bond acceptors (Lipinski definition) is 4. The van der Waals surface area contributed by atoms with Crippen LogP contribution in [0, 0.1) is 0 Å². The lowest BCUT2D eigenvalue weighted by Gasteiger charge is -2.30. The molecule has 1 aromatic rings. The highest BCUT2D eigenvalue weighted by Gasteiger charge is 2.30. The van der Waals surface area contributed by atoms with Crippen LogP contribution in [-0.4, -0.2) is 47.7 Å². The lowest BCUT2D eigenvalue weighted by atomic mass is 10.2. The van der Waals surface area contributed by atoms with E-state index < -0.39 is 12.1 Å². The van der Waals surface area contributed by atoms with Crippen molar-refractivity contribution in [1.29, 1.82) is 0 Å². The maximum Gasteiger partial charge on any atom is 0.334 e. The van der Waals surface area contributed by atoms with Gasteiger partial charge in [0.2, 0.25) is 0 Å². The van der Waals surface area contributed by atoms with Crippen molar-refractivity contribution in [3.63, 3.8) is 0 Å². The summed E-state index contributed by atoms with van der Waals surface area (Å²) in [5.41, 5.74) is 1.29. The summed E-state index contributed by atoms with van der Waals surface area (Å²) in [6.45, 7) is 0.885. The molecule has 2 aliphatic rings. The van der Waals surface area contributed by atoms with Gasteiger partial charge in [-0.05, 0) is 30.9 Å². The minimum absolute atomic E-state index is 0.0612. The van der Waals surface area contributed by atoms with Crippen LogP contribution in [0.2, 0.25) is 0 Å². The van der Waals surface area contributed by atoms with Crippen molar-refractivity contribution in [2.75, 3.05) is 19.7 Å². The molecule has 19 heavy (non-hydrogen) atoms. The number of aryl methyl sites for hydroxylation is 2. The minimum atomic E-state index is -1.01. The van der Waals surface area contributed by atoms with Crippen LogP contribution in [0.1, 0.15) is 26.5 Å². The van der Waals surface area contributed by atoms with E-state index in [0.717, 1.165) is 17.7 Å². The molecular weight excluding hydrogens is 266 g/mol. The van der Waals surface area contributed by atoms with Crippen LogP contribution in [0.15, 0.2) is 6.07 Å². The molecule has 0 saturated carbocycles. The lowest BCUT2D eigenvalue weighted by Crippen LogP contribution is -2.48. The Labute approximate surface area is 114 Å². The van der Waals surface area contributed by atoms with Gasteiger partial charge in [-0.1, -0.05) is 0 Å². The van der Waals surface area contributed by atoms with Gasteiger partial charge in [-0.15, -0.1) is 11.3 Å². The number of hydrogen-bond donors (Lipinski definition) is 1. The predicted molar refractivity (Wildman–Crippen MR) is 69.6 cm³/mol. The van der Waals surface area contributed by atoms with Crippen molar-refractivity contribution in [3.05, 3.63) is 21.4 Å². The molecule has 1 fully saturated rings. The zero-order valence-corrected chi connectivity index (χ0v) is 11.2. The summed E-state index contributed by atoms with van der Waals surface area (Å²) >= 11 is 1.55. The molecule has 3 rings (SSSR count). The van der Waals surface area contributed by atoms with E-state index in [-0.39, 0.29) is 19.1 Å². The molecule has 1 N–H and O–H groups in total. The first-order chi connectivity index (χ1) is 9.15. The summed E-state index contributed by atoms with van der Waals surface area (Å²) in [7, 11) is 0. The number of carbonyl (C=O) groups is 2. The molecule has 1 unspecified atom stereocenters. The van der Waals surface area contributed by atoms with Crippen LogP contribution in [0.25, 0.3) is 0 Å². The van der Waals surface area contributed by atoms with Crippen LogP contribution in [0.5, 0.6) is 0 Å². The number of rotatable bonds is 2. The topological polar surface area (TPSA) is 66.8 Å². The number of carboxylic acids is 1. The molecule has 1 amide bonds. The summed E-state index contributed by atoms with van der Waals surface area (Å²) in [4.78, 5) is 26.9. The van der Waals surface area contributed by atoms with E-state index in [4.69, 9.17) is 9.84 Å². The molecular formula is C13H15NO4S. The second kappa shape index (κ2) is 4.94. The molecule has 1 aliphatic heterocycles. The molecule has 102 valence electrons. The van der Waals surface area contributed by atoms with E-state index in [9.17, 15) is 9.59 Å². The third-order valence-corrected chi connectivity index (χ3v) is 4.81. The van der Waals surface area contributed by atoms with Crippen molar-refractivity contribution < 1.29 is 19.4 Å². The van der Waals surface area contributed by atoms with Crippen LogP contribution >= 0.6 is 11.3 Å². The van der Waals surface area contributed by atoms with Gasteiger partial charge in [-0.3, -0.25) is 4.79 Å². The number of ether oxygens (including phenoxy) is 1. The van der Waals surface area contributed by atoms with Crippen LogP contribution in [0.4, 0.5) is 0 Å². The van der Waals surface area contributed by atoms with Crippen LogP contribution < -0.4 is 0 Å². The normalized spacial score (nSPS) is 22.3. The molecule has 6 heteroatoms. The zero-order chi connectivity index (χ0) is 13.4. The number of amides is 1. The highest BCUT2D eigenvalue weighted by atomic mass is 32.1. The Morgan fingerprint density at radius 3 is 3.00 bits per heavy atom. The Morgan fingerprint density at radius 2 is 2.26 bits per heavy atom. The van der Waals surface area contributed by atoms with Crippen molar-refractivity contribution in [1.82, 2.24) is 4.90 Å². The fourth-order valence-corrected chi connectivity index (χ4v) is 3.79. The van der Waals surface area contributed by atoms with E-state index in [0.29, 0.717) is 6.54 Å². The number of aliphatic carboxylic acids is 1. The van der Waals surface area contributed by atoms with E-state index in [1.54, 1.807) is 16.2 Å². The average Bonchev–Trinajstić information content (AvgIpc) is 2.98. The summed E-state index contributed by atoms with van der Waals surface area (Å²) in [6.07, 6.45) is 2.40. The minimum Gasteiger partial charge on any atom is -0.479 e. The third kappa shape index (κ3) is 2.37. The maximum atomic E-state index is 12.4. The maximum absolute atomic E-state index is 12.4. The SMILES string of the molecule is O=C(O)C1CN(C(=O)c2cc3c(s2)CCC3)CCO1. The smallest absolute Gasteiger partial charge is 0.334 e. The van der Waals surface area contributed by atoms with Gasteiger partial charge < -0.3 is 14.7 Å². The molecule has 1 aromatic heterocycles. The summed E-state index contributed by atoms with van der Waals surface area (Å²) in [6, 6.07) is 1.97. The first-order valence-electron chi connectivity index (χ1n) is 6.40. The molecule has 2 heterocycles. The number of thiophene rings is 1.